The van der Waals surface area contributed by atoms with E-state index in [0.717, 1.165) is 17.5 Å². The van der Waals surface area contributed by atoms with E-state index in [0.29, 0.717) is 5.15 Å². The average Bonchev–Trinajstić information content (AvgIpc) is 2.84. The molecule has 1 aromatic heterocycles. The second-order valence-electron chi connectivity index (χ2n) is 4.20. The van der Waals surface area contributed by atoms with E-state index < -0.39 is 0 Å². The number of nitrogens with zero attached hydrogens (tertiary/aromatic N) is 1. The Bertz CT molecular complexity index is 335. The normalized spacial score (nSPS) is 25.1. The number of aromatic nitrogens is 1. The summed E-state index contributed by atoms with van der Waals surface area (Å²) in [6.07, 6.45) is 3.99. The van der Waals surface area contributed by atoms with Crippen molar-refractivity contribution in [2.24, 2.45) is 5.92 Å². The van der Waals surface area contributed by atoms with Gasteiger partial charge in [0.25, 0.3) is 0 Å². The van der Waals surface area contributed by atoms with Crippen LogP contribution in [0.4, 0.5) is 0 Å². The van der Waals surface area contributed by atoms with Crippen molar-refractivity contribution in [2.45, 2.75) is 39.0 Å². The maximum absolute atomic E-state index is 5.83. The van der Waals surface area contributed by atoms with Crippen molar-refractivity contribution in [1.29, 1.82) is 0 Å². The minimum atomic E-state index is 0.610. The molecule has 2 rings (SSSR count). The van der Waals surface area contributed by atoms with Crippen molar-refractivity contribution in [3.63, 3.8) is 0 Å². The predicted octanol–water partition coefficient (Wildman–Crippen LogP) is 3.95. The molecule has 1 unspecified atom stereocenters. The van der Waals surface area contributed by atoms with Gasteiger partial charge in [-0.05, 0) is 36.8 Å². The molecule has 0 saturated heterocycles. The zero-order valence-corrected chi connectivity index (χ0v) is 9.51. The molecule has 1 aromatic rings. The third kappa shape index (κ3) is 1.93. The molecule has 1 aliphatic carbocycles. The Balaban J connectivity index is 2.11. The SMILES string of the molecule is CCC[C@@H]1CC1c1ccc(Cl)nc1C. The van der Waals surface area contributed by atoms with Crippen molar-refractivity contribution in [2.75, 3.05) is 0 Å². The molecule has 0 aromatic carbocycles. The lowest BCUT2D eigenvalue weighted by molar-refractivity contribution is 0.685. The summed E-state index contributed by atoms with van der Waals surface area (Å²) < 4.78 is 0. The van der Waals surface area contributed by atoms with Crippen LogP contribution < -0.4 is 0 Å². The molecule has 1 heterocycles. The maximum atomic E-state index is 5.83. The standard InChI is InChI=1S/C12H16ClN/c1-3-4-9-7-11(9)10-5-6-12(13)14-8(10)2/h5-6,9,11H,3-4,7H2,1-2H3/t9-,11?/m1/s1. The van der Waals surface area contributed by atoms with Crippen LogP contribution >= 0.6 is 11.6 Å². The Kier molecular flexibility index (Phi) is 2.78. The van der Waals surface area contributed by atoms with E-state index in [1.165, 1.54) is 24.8 Å². The van der Waals surface area contributed by atoms with Crippen molar-refractivity contribution in [3.8, 4) is 0 Å². The first-order valence-corrected chi connectivity index (χ1v) is 5.73. The smallest absolute Gasteiger partial charge is 0.129 e. The predicted molar refractivity (Wildman–Crippen MR) is 59.7 cm³/mol. The summed E-state index contributed by atoms with van der Waals surface area (Å²) in [6.45, 7) is 4.31. The minimum Gasteiger partial charge on any atom is -0.241 e. The van der Waals surface area contributed by atoms with Crippen LogP contribution in [0.15, 0.2) is 12.1 Å². The second kappa shape index (κ2) is 3.90. The number of aryl methyl sites for hydroxylation is 1. The molecule has 0 spiro atoms. The summed E-state index contributed by atoms with van der Waals surface area (Å²) >= 11 is 5.83. The lowest BCUT2D eigenvalue weighted by Gasteiger charge is -2.04. The summed E-state index contributed by atoms with van der Waals surface area (Å²) in [4.78, 5) is 4.29. The highest BCUT2D eigenvalue weighted by Crippen LogP contribution is 2.50. The van der Waals surface area contributed by atoms with E-state index in [-0.39, 0.29) is 0 Å². The van der Waals surface area contributed by atoms with Gasteiger partial charge in [-0.3, -0.25) is 0 Å². The summed E-state index contributed by atoms with van der Waals surface area (Å²) in [7, 11) is 0. The molecule has 0 aliphatic heterocycles. The molecular weight excluding hydrogens is 194 g/mol. The number of hydrogen-bond donors (Lipinski definition) is 0. The Labute approximate surface area is 90.5 Å². The van der Waals surface area contributed by atoms with E-state index in [2.05, 4.69) is 24.9 Å². The monoisotopic (exact) mass is 209 g/mol. The van der Waals surface area contributed by atoms with Crippen LogP contribution in [0, 0.1) is 12.8 Å². The average molecular weight is 210 g/mol. The summed E-state index contributed by atoms with van der Waals surface area (Å²) in [5.74, 6) is 1.67. The Morgan fingerprint density at radius 2 is 2.29 bits per heavy atom. The first-order chi connectivity index (χ1) is 6.72. The maximum Gasteiger partial charge on any atom is 0.129 e. The summed E-state index contributed by atoms with van der Waals surface area (Å²) in [5.41, 5.74) is 2.52. The van der Waals surface area contributed by atoms with Gasteiger partial charge in [0.05, 0.1) is 0 Å². The highest BCUT2D eigenvalue weighted by molar-refractivity contribution is 6.29. The largest absolute Gasteiger partial charge is 0.241 e. The highest BCUT2D eigenvalue weighted by Gasteiger charge is 2.38. The quantitative estimate of drug-likeness (QED) is 0.687. The van der Waals surface area contributed by atoms with Crippen LogP contribution in [0.3, 0.4) is 0 Å². The zero-order chi connectivity index (χ0) is 10.1. The van der Waals surface area contributed by atoms with Crippen LogP contribution in [0.2, 0.25) is 5.15 Å². The van der Waals surface area contributed by atoms with Crippen molar-refractivity contribution < 1.29 is 0 Å². The van der Waals surface area contributed by atoms with E-state index in [1.54, 1.807) is 0 Å². The number of pyridine rings is 1. The molecule has 76 valence electrons. The molecule has 0 N–H and O–H groups in total. The molecule has 0 amide bonds. The summed E-state index contributed by atoms with van der Waals surface area (Å²) in [6, 6.07) is 4.05. The van der Waals surface area contributed by atoms with Gasteiger partial charge in [-0.1, -0.05) is 37.4 Å². The van der Waals surface area contributed by atoms with Gasteiger partial charge in [0.1, 0.15) is 5.15 Å². The third-order valence-corrected chi connectivity index (χ3v) is 3.28. The number of halogens is 1. The molecule has 0 bridgehead atoms. The van der Waals surface area contributed by atoms with Gasteiger partial charge in [0, 0.05) is 5.69 Å². The lowest BCUT2D eigenvalue weighted by Crippen LogP contribution is -1.92. The van der Waals surface area contributed by atoms with Crippen molar-refractivity contribution in [1.82, 2.24) is 4.98 Å². The number of hydrogen-bond acceptors (Lipinski definition) is 1. The molecule has 0 radical (unpaired) electrons. The molecule has 1 fully saturated rings. The fourth-order valence-electron chi connectivity index (χ4n) is 2.25. The molecule has 2 heteroatoms. The molecule has 1 saturated carbocycles. The highest BCUT2D eigenvalue weighted by atomic mass is 35.5. The zero-order valence-electron chi connectivity index (χ0n) is 8.76. The third-order valence-electron chi connectivity index (χ3n) is 3.07. The second-order valence-corrected chi connectivity index (χ2v) is 4.59. The lowest BCUT2D eigenvalue weighted by atomic mass is 10.1. The number of rotatable bonds is 3. The Hall–Kier alpha value is -0.560. The fraction of sp³-hybridized carbons (Fsp3) is 0.583. The van der Waals surface area contributed by atoms with E-state index in [9.17, 15) is 0 Å². The molecule has 1 nitrogen and oxygen atoms in total. The van der Waals surface area contributed by atoms with Gasteiger partial charge in [0.15, 0.2) is 0 Å². The Morgan fingerprint density at radius 1 is 1.50 bits per heavy atom. The van der Waals surface area contributed by atoms with Crippen LogP contribution in [0.1, 0.15) is 43.4 Å². The van der Waals surface area contributed by atoms with E-state index in [4.69, 9.17) is 11.6 Å². The molecular formula is C12H16ClN. The van der Waals surface area contributed by atoms with Crippen LogP contribution in [0.5, 0.6) is 0 Å². The van der Waals surface area contributed by atoms with Crippen LogP contribution in [0.25, 0.3) is 0 Å². The first kappa shape index (κ1) is 9.97. The van der Waals surface area contributed by atoms with E-state index >= 15 is 0 Å². The molecule has 14 heavy (non-hydrogen) atoms. The van der Waals surface area contributed by atoms with Gasteiger partial charge in [-0.25, -0.2) is 4.98 Å². The van der Waals surface area contributed by atoms with E-state index in [1.807, 2.05) is 6.07 Å². The topological polar surface area (TPSA) is 12.9 Å². The molecule has 1 aliphatic rings. The van der Waals surface area contributed by atoms with Gasteiger partial charge in [0.2, 0.25) is 0 Å². The fourth-order valence-corrected chi connectivity index (χ4v) is 2.44. The Morgan fingerprint density at radius 3 is 2.93 bits per heavy atom. The van der Waals surface area contributed by atoms with Gasteiger partial charge >= 0.3 is 0 Å². The van der Waals surface area contributed by atoms with Gasteiger partial charge in [-0.15, -0.1) is 0 Å². The first-order valence-electron chi connectivity index (χ1n) is 5.35. The van der Waals surface area contributed by atoms with Gasteiger partial charge < -0.3 is 0 Å². The van der Waals surface area contributed by atoms with Crippen molar-refractivity contribution >= 4 is 11.6 Å². The van der Waals surface area contributed by atoms with Crippen LogP contribution in [-0.4, -0.2) is 4.98 Å². The molecule has 2 atom stereocenters. The van der Waals surface area contributed by atoms with Crippen molar-refractivity contribution in [3.05, 3.63) is 28.5 Å². The minimum absolute atomic E-state index is 0.610. The van der Waals surface area contributed by atoms with Gasteiger partial charge in [-0.2, -0.15) is 0 Å². The summed E-state index contributed by atoms with van der Waals surface area (Å²) in [5, 5.41) is 0.610. The van der Waals surface area contributed by atoms with Crippen LogP contribution in [-0.2, 0) is 0 Å².